The predicted octanol–water partition coefficient (Wildman–Crippen LogP) is -0.166. The Morgan fingerprint density at radius 1 is 1.67 bits per heavy atom. The molecule has 1 aliphatic rings. The van der Waals surface area contributed by atoms with Gasteiger partial charge in [0.25, 0.3) is 0 Å². The average Bonchev–Trinajstić information content (AvgIpc) is 2.64. The van der Waals surface area contributed by atoms with Crippen molar-refractivity contribution in [2.24, 2.45) is 7.05 Å². The van der Waals surface area contributed by atoms with Gasteiger partial charge >= 0.3 is 5.69 Å². The number of aliphatic hydroxyl groups excluding tert-OH is 1. The van der Waals surface area contributed by atoms with Crippen molar-refractivity contribution in [3.63, 3.8) is 0 Å². The first kappa shape index (κ1) is 12.8. The molecule has 1 aromatic rings. The molecule has 1 fully saturated rings. The fourth-order valence-corrected chi connectivity index (χ4v) is 2.23. The zero-order valence-corrected chi connectivity index (χ0v) is 10.4. The van der Waals surface area contributed by atoms with Gasteiger partial charge < -0.3 is 14.7 Å². The van der Waals surface area contributed by atoms with Gasteiger partial charge in [-0.3, -0.25) is 10.1 Å². The third-order valence-electron chi connectivity index (χ3n) is 2.99. The maximum atomic E-state index is 11.1. The van der Waals surface area contributed by atoms with E-state index in [1.54, 1.807) is 14.0 Å². The number of nitrogens with zero attached hydrogens (tertiary/aromatic N) is 4. The Labute approximate surface area is 104 Å². The van der Waals surface area contributed by atoms with Gasteiger partial charge in [0.15, 0.2) is 0 Å². The van der Waals surface area contributed by atoms with Crippen LogP contribution in [0.1, 0.15) is 5.69 Å². The molecule has 8 heteroatoms. The van der Waals surface area contributed by atoms with E-state index in [-0.39, 0.29) is 18.4 Å². The Balaban J connectivity index is 2.35. The zero-order chi connectivity index (χ0) is 13.3. The topological polar surface area (TPSA) is 93.7 Å². The Morgan fingerprint density at radius 3 is 3.00 bits per heavy atom. The second-order valence-electron chi connectivity index (χ2n) is 4.26. The van der Waals surface area contributed by atoms with Crippen molar-refractivity contribution in [3.05, 3.63) is 15.8 Å². The minimum absolute atomic E-state index is 0.0242. The van der Waals surface area contributed by atoms with Crippen LogP contribution in [-0.4, -0.2) is 52.2 Å². The highest BCUT2D eigenvalue weighted by molar-refractivity contribution is 5.61. The molecule has 0 bridgehead atoms. The molecule has 1 atom stereocenters. The molecule has 0 spiro atoms. The average molecular weight is 256 g/mol. The molecular formula is C10H16N4O4. The summed E-state index contributed by atoms with van der Waals surface area (Å²) in [7, 11) is 1.68. The summed E-state index contributed by atoms with van der Waals surface area (Å²) >= 11 is 0. The molecule has 1 aromatic heterocycles. The van der Waals surface area contributed by atoms with Gasteiger partial charge in [-0.2, -0.15) is 5.10 Å². The van der Waals surface area contributed by atoms with E-state index in [9.17, 15) is 10.1 Å². The minimum atomic E-state index is -0.416. The van der Waals surface area contributed by atoms with Crippen LogP contribution in [-0.2, 0) is 11.8 Å². The molecule has 1 aliphatic heterocycles. The van der Waals surface area contributed by atoms with E-state index in [1.807, 2.05) is 4.90 Å². The van der Waals surface area contributed by atoms with E-state index in [0.717, 1.165) is 0 Å². The number of hydrogen-bond donors (Lipinski definition) is 1. The summed E-state index contributed by atoms with van der Waals surface area (Å²) in [6, 6.07) is 0. The number of hydrogen-bond acceptors (Lipinski definition) is 6. The molecule has 18 heavy (non-hydrogen) atoms. The highest BCUT2D eigenvalue weighted by Crippen LogP contribution is 2.31. The van der Waals surface area contributed by atoms with Crippen LogP contribution in [0.4, 0.5) is 11.5 Å². The Bertz CT molecular complexity index is 459. The largest absolute Gasteiger partial charge is 0.394 e. The van der Waals surface area contributed by atoms with Crippen molar-refractivity contribution < 1.29 is 14.8 Å². The molecule has 2 rings (SSSR count). The van der Waals surface area contributed by atoms with Crippen LogP contribution in [0.2, 0.25) is 0 Å². The van der Waals surface area contributed by atoms with E-state index in [4.69, 9.17) is 9.84 Å². The first-order chi connectivity index (χ1) is 8.54. The Morgan fingerprint density at radius 2 is 2.39 bits per heavy atom. The zero-order valence-electron chi connectivity index (χ0n) is 10.4. The first-order valence-electron chi connectivity index (χ1n) is 5.70. The first-order valence-corrected chi connectivity index (χ1v) is 5.70. The fraction of sp³-hybridized carbons (Fsp3) is 0.700. The van der Waals surface area contributed by atoms with Crippen molar-refractivity contribution in [1.29, 1.82) is 0 Å². The molecule has 8 nitrogen and oxygen atoms in total. The molecule has 2 heterocycles. The lowest BCUT2D eigenvalue weighted by Gasteiger charge is -2.32. The highest BCUT2D eigenvalue weighted by atomic mass is 16.6. The van der Waals surface area contributed by atoms with Crippen molar-refractivity contribution in [2.45, 2.75) is 13.0 Å². The normalized spacial score (nSPS) is 20.2. The molecule has 0 radical (unpaired) electrons. The van der Waals surface area contributed by atoms with E-state index in [0.29, 0.717) is 31.2 Å². The number of ether oxygens (including phenoxy) is 1. The molecule has 1 saturated heterocycles. The number of anilines is 1. The van der Waals surface area contributed by atoms with Gasteiger partial charge in [-0.15, -0.1) is 0 Å². The molecule has 0 aromatic carbocycles. The summed E-state index contributed by atoms with van der Waals surface area (Å²) in [6.45, 7) is 2.94. The summed E-state index contributed by atoms with van der Waals surface area (Å²) in [5.74, 6) is 0.472. The van der Waals surface area contributed by atoms with Crippen molar-refractivity contribution in [2.75, 3.05) is 31.2 Å². The smallest absolute Gasteiger partial charge is 0.333 e. The Hall–Kier alpha value is -1.67. The monoisotopic (exact) mass is 256 g/mol. The third-order valence-corrected chi connectivity index (χ3v) is 2.99. The summed E-state index contributed by atoms with van der Waals surface area (Å²) in [4.78, 5) is 12.5. The fourth-order valence-electron chi connectivity index (χ4n) is 2.23. The van der Waals surface area contributed by atoms with Crippen LogP contribution >= 0.6 is 0 Å². The lowest BCUT2D eigenvalue weighted by atomic mass is 10.2. The second-order valence-corrected chi connectivity index (χ2v) is 4.26. The van der Waals surface area contributed by atoms with Gasteiger partial charge in [0.05, 0.1) is 24.2 Å². The number of aliphatic hydroxyl groups is 1. The van der Waals surface area contributed by atoms with Crippen LogP contribution < -0.4 is 4.90 Å². The van der Waals surface area contributed by atoms with Gasteiger partial charge in [-0.1, -0.05) is 0 Å². The molecule has 0 saturated carbocycles. The van der Waals surface area contributed by atoms with E-state index >= 15 is 0 Å². The van der Waals surface area contributed by atoms with Crippen LogP contribution in [0.5, 0.6) is 0 Å². The summed E-state index contributed by atoms with van der Waals surface area (Å²) in [6.07, 6.45) is -0.312. The molecular weight excluding hydrogens is 240 g/mol. The quantitative estimate of drug-likeness (QED) is 0.596. The molecule has 0 amide bonds. The highest BCUT2D eigenvalue weighted by Gasteiger charge is 2.31. The number of morpholine rings is 1. The second kappa shape index (κ2) is 4.91. The lowest BCUT2D eigenvalue weighted by Crippen LogP contribution is -2.45. The standard InChI is InChI=1S/C10H16N4O4/c1-7-9(14(16)17)10(12(2)11-7)13-3-4-18-8(5-13)6-15/h8,15H,3-6H2,1-2H3. The summed E-state index contributed by atoms with van der Waals surface area (Å²) in [5, 5.41) is 24.3. The molecule has 1 N–H and O–H groups in total. The number of aromatic nitrogens is 2. The number of rotatable bonds is 3. The van der Waals surface area contributed by atoms with Gasteiger partial charge in [-0.05, 0) is 6.92 Å². The van der Waals surface area contributed by atoms with Gasteiger partial charge in [-0.25, -0.2) is 4.68 Å². The summed E-state index contributed by atoms with van der Waals surface area (Å²) in [5.41, 5.74) is 0.417. The van der Waals surface area contributed by atoms with E-state index < -0.39 is 4.92 Å². The van der Waals surface area contributed by atoms with E-state index in [2.05, 4.69) is 5.10 Å². The summed E-state index contributed by atoms with van der Waals surface area (Å²) < 4.78 is 6.84. The third kappa shape index (κ3) is 2.16. The van der Waals surface area contributed by atoms with Crippen LogP contribution in [0.25, 0.3) is 0 Å². The molecule has 100 valence electrons. The molecule has 1 unspecified atom stereocenters. The van der Waals surface area contributed by atoms with Crippen LogP contribution in [0.15, 0.2) is 0 Å². The predicted molar refractivity (Wildman–Crippen MR) is 63.6 cm³/mol. The Kier molecular flexibility index (Phi) is 3.48. The van der Waals surface area contributed by atoms with Gasteiger partial charge in [0.1, 0.15) is 5.69 Å². The maximum Gasteiger partial charge on any atom is 0.333 e. The number of aryl methyl sites for hydroxylation is 2. The van der Waals surface area contributed by atoms with E-state index in [1.165, 1.54) is 4.68 Å². The maximum absolute atomic E-state index is 11.1. The minimum Gasteiger partial charge on any atom is -0.394 e. The van der Waals surface area contributed by atoms with Crippen LogP contribution in [0, 0.1) is 17.0 Å². The van der Waals surface area contributed by atoms with Crippen molar-refractivity contribution in [1.82, 2.24) is 9.78 Å². The molecule has 0 aliphatic carbocycles. The lowest BCUT2D eigenvalue weighted by molar-refractivity contribution is -0.384. The van der Waals surface area contributed by atoms with Crippen LogP contribution in [0.3, 0.4) is 0 Å². The van der Waals surface area contributed by atoms with Crippen molar-refractivity contribution >= 4 is 11.5 Å². The number of nitro groups is 1. The van der Waals surface area contributed by atoms with Gasteiger partial charge in [0.2, 0.25) is 5.82 Å². The van der Waals surface area contributed by atoms with Crippen molar-refractivity contribution in [3.8, 4) is 0 Å². The SMILES string of the molecule is Cc1nn(C)c(N2CCOC(CO)C2)c1[N+](=O)[O-]. The van der Waals surface area contributed by atoms with Gasteiger partial charge in [0, 0.05) is 20.1 Å².